The van der Waals surface area contributed by atoms with Crippen LogP contribution in [0, 0.1) is 0 Å². The number of nitrogens with one attached hydrogen (secondary N) is 1. The van der Waals surface area contributed by atoms with E-state index in [0.717, 1.165) is 0 Å². The van der Waals surface area contributed by atoms with Gasteiger partial charge >= 0.3 is 0 Å². The Morgan fingerprint density at radius 1 is 1.56 bits per heavy atom. The fourth-order valence-corrected chi connectivity index (χ4v) is 1.37. The third-order valence-corrected chi connectivity index (χ3v) is 2.11. The van der Waals surface area contributed by atoms with Crippen molar-refractivity contribution in [1.82, 2.24) is 4.98 Å². The number of nitrogens with zero attached hydrogens (tertiary/aromatic N) is 1. The van der Waals surface area contributed by atoms with Gasteiger partial charge in [-0.1, -0.05) is 18.3 Å². The average Bonchev–Trinajstić information content (AvgIpc) is 2.16. The first-order valence-electron chi connectivity index (χ1n) is 4.80. The first-order chi connectivity index (χ1) is 7.49. The van der Waals surface area contributed by atoms with Crippen LogP contribution in [0.3, 0.4) is 0 Å². The molecule has 1 aromatic rings. The summed E-state index contributed by atoms with van der Waals surface area (Å²) in [4.78, 5) is 15.1. The third-order valence-electron chi connectivity index (χ3n) is 1.90. The van der Waals surface area contributed by atoms with E-state index >= 15 is 0 Å². The maximum atomic E-state index is 10.7. The van der Waals surface area contributed by atoms with Crippen LogP contribution in [0.4, 0.5) is 5.82 Å². The third kappa shape index (κ3) is 3.82. The van der Waals surface area contributed by atoms with Crippen LogP contribution in [0.2, 0.25) is 0 Å². The van der Waals surface area contributed by atoms with Crippen molar-refractivity contribution in [2.45, 2.75) is 19.4 Å². The highest BCUT2D eigenvalue weighted by molar-refractivity contribution is 7.80. The molecule has 1 atom stereocenters. The standard InChI is InChI=1S/C10H14N4OS/c1-6(5-8(11)15)13-9-4-2-3-7(14-9)10(12)16/h2-4,6H,5H2,1H3,(H2,11,15)(H2,12,16)(H,13,14). The summed E-state index contributed by atoms with van der Waals surface area (Å²) in [7, 11) is 0. The summed E-state index contributed by atoms with van der Waals surface area (Å²) in [5, 5.41) is 3.04. The Hall–Kier alpha value is -1.69. The van der Waals surface area contributed by atoms with Crippen LogP contribution in [-0.2, 0) is 4.79 Å². The van der Waals surface area contributed by atoms with Crippen molar-refractivity contribution in [1.29, 1.82) is 0 Å². The fourth-order valence-electron chi connectivity index (χ4n) is 1.26. The number of amides is 1. The van der Waals surface area contributed by atoms with Crippen LogP contribution in [0.5, 0.6) is 0 Å². The van der Waals surface area contributed by atoms with E-state index in [0.29, 0.717) is 11.5 Å². The molecule has 1 heterocycles. The predicted octanol–water partition coefficient (Wildman–Crippen LogP) is 0.392. The molecule has 5 nitrogen and oxygen atoms in total. The summed E-state index contributed by atoms with van der Waals surface area (Å²) >= 11 is 4.82. The molecule has 1 aromatic heterocycles. The van der Waals surface area contributed by atoms with E-state index in [4.69, 9.17) is 23.7 Å². The van der Waals surface area contributed by atoms with Crippen LogP contribution in [0.1, 0.15) is 19.0 Å². The van der Waals surface area contributed by atoms with Crippen molar-refractivity contribution < 1.29 is 4.79 Å². The number of pyridine rings is 1. The van der Waals surface area contributed by atoms with Gasteiger partial charge in [0, 0.05) is 12.5 Å². The molecule has 0 bridgehead atoms. The molecule has 1 unspecified atom stereocenters. The molecule has 0 aromatic carbocycles. The zero-order valence-corrected chi connectivity index (χ0v) is 9.75. The molecule has 16 heavy (non-hydrogen) atoms. The second-order valence-electron chi connectivity index (χ2n) is 3.49. The molecule has 1 amide bonds. The van der Waals surface area contributed by atoms with Gasteiger partial charge in [0.25, 0.3) is 0 Å². The Morgan fingerprint density at radius 2 is 2.25 bits per heavy atom. The number of rotatable bonds is 5. The first-order valence-corrected chi connectivity index (χ1v) is 5.21. The van der Waals surface area contributed by atoms with Gasteiger partial charge in [0.1, 0.15) is 10.8 Å². The van der Waals surface area contributed by atoms with Gasteiger partial charge in [-0.05, 0) is 19.1 Å². The molecule has 0 saturated heterocycles. The van der Waals surface area contributed by atoms with Gasteiger partial charge in [-0.3, -0.25) is 4.79 Å². The van der Waals surface area contributed by atoms with Gasteiger partial charge in [0.2, 0.25) is 5.91 Å². The second kappa shape index (κ2) is 5.41. The quantitative estimate of drug-likeness (QED) is 0.645. The number of hydrogen-bond acceptors (Lipinski definition) is 4. The number of hydrogen-bond donors (Lipinski definition) is 3. The van der Waals surface area contributed by atoms with Gasteiger partial charge in [-0.15, -0.1) is 0 Å². The summed E-state index contributed by atoms with van der Waals surface area (Å²) in [5.41, 5.74) is 11.1. The average molecular weight is 238 g/mol. The van der Waals surface area contributed by atoms with E-state index in [1.165, 1.54) is 0 Å². The summed E-state index contributed by atoms with van der Waals surface area (Å²) in [6.45, 7) is 1.85. The number of aromatic nitrogens is 1. The molecule has 0 aliphatic rings. The van der Waals surface area contributed by atoms with Gasteiger partial charge in [-0.25, -0.2) is 4.98 Å². The van der Waals surface area contributed by atoms with E-state index < -0.39 is 0 Å². The lowest BCUT2D eigenvalue weighted by Crippen LogP contribution is -2.24. The molecule has 86 valence electrons. The highest BCUT2D eigenvalue weighted by Gasteiger charge is 2.07. The fraction of sp³-hybridized carbons (Fsp3) is 0.300. The minimum atomic E-state index is -0.356. The highest BCUT2D eigenvalue weighted by Crippen LogP contribution is 2.07. The molecule has 0 saturated carbocycles. The van der Waals surface area contributed by atoms with E-state index in [1.807, 2.05) is 6.92 Å². The number of nitrogens with two attached hydrogens (primary N) is 2. The summed E-state index contributed by atoms with van der Waals surface area (Å²) in [5.74, 6) is 0.268. The predicted molar refractivity (Wildman–Crippen MR) is 67.0 cm³/mol. The maximum absolute atomic E-state index is 10.7. The molecule has 1 rings (SSSR count). The zero-order chi connectivity index (χ0) is 12.1. The van der Waals surface area contributed by atoms with Crippen LogP contribution < -0.4 is 16.8 Å². The minimum absolute atomic E-state index is 0.0772. The minimum Gasteiger partial charge on any atom is -0.388 e. The van der Waals surface area contributed by atoms with Crippen LogP contribution >= 0.6 is 12.2 Å². The Balaban J connectivity index is 2.70. The molecule has 0 radical (unpaired) electrons. The van der Waals surface area contributed by atoms with Gasteiger partial charge < -0.3 is 16.8 Å². The second-order valence-corrected chi connectivity index (χ2v) is 3.93. The Morgan fingerprint density at radius 3 is 2.81 bits per heavy atom. The molecular formula is C10H14N4OS. The van der Waals surface area contributed by atoms with Crippen molar-refractivity contribution >= 4 is 28.9 Å². The van der Waals surface area contributed by atoms with Crippen molar-refractivity contribution in [3.05, 3.63) is 23.9 Å². The van der Waals surface area contributed by atoms with E-state index in [2.05, 4.69) is 10.3 Å². The number of primary amides is 1. The van der Waals surface area contributed by atoms with E-state index in [1.54, 1.807) is 18.2 Å². The number of anilines is 1. The summed E-state index contributed by atoms with van der Waals surface area (Å²) in [6, 6.07) is 5.22. The zero-order valence-electron chi connectivity index (χ0n) is 8.93. The molecule has 0 aliphatic heterocycles. The largest absolute Gasteiger partial charge is 0.388 e. The molecule has 0 fully saturated rings. The van der Waals surface area contributed by atoms with Crippen molar-refractivity contribution in [3.8, 4) is 0 Å². The van der Waals surface area contributed by atoms with Gasteiger partial charge in [0.05, 0.1) is 5.69 Å². The summed E-state index contributed by atoms with van der Waals surface area (Å²) < 4.78 is 0. The monoisotopic (exact) mass is 238 g/mol. The molecule has 5 N–H and O–H groups in total. The molecule has 6 heteroatoms. The Kier molecular flexibility index (Phi) is 4.19. The first kappa shape index (κ1) is 12.4. The SMILES string of the molecule is CC(CC(N)=O)Nc1cccc(C(N)=S)n1. The summed E-state index contributed by atoms with van der Waals surface area (Å²) in [6.07, 6.45) is 0.249. The smallest absolute Gasteiger partial charge is 0.219 e. The number of thiocarbonyl (C=S) groups is 1. The highest BCUT2D eigenvalue weighted by atomic mass is 32.1. The van der Waals surface area contributed by atoms with Crippen LogP contribution in [-0.4, -0.2) is 21.9 Å². The van der Waals surface area contributed by atoms with Crippen LogP contribution in [0.15, 0.2) is 18.2 Å². The molecular weight excluding hydrogens is 224 g/mol. The molecule has 0 spiro atoms. The lowest BCUT2D eigenvalue weighted by atomic mass is 10.2. The van der Waals surface area contributed by atoms with Gasteiger partial charge in [-0.2, -0.15) is 0 Å². The van der Waals surface area contributed by atoms with Crippen molar-refractivity contribution in [2.75, 3.05) is 5.32 Å². The van der Waals surface area contributed by atoms with Gasteiger partial charge in [0.15, 0.2) is 0 Å². The topological polar surface area (TPSA) is 94.0 Å². The van der Waals surface area contributed by atoms with Crippen LogP contribution in [0.25, 0.3) is 0 Å². The lowest BCUT2D eigenvalue weighted by Gasteiger charge is -2.12. The Labute approximate surface area is 99.2 Å². The normalized spacial score (nSPS) is 11.8. The van der Waals surface area contributed by atoms with Crippen molar-refractivity contribution in [3.63, 3.8) is 0 Å². The van der Waals surface area contributed by atoms with Crippen molar-refractivity contribution in [2.24, 2.45) is 11.5 Å². The van der Waals surface area contributed by atoms with E-state index in [-0.39, 0.29) is 23.4 Å². The number of carbonyl (C=O) groups is 1. The lowest BCUT2D eigenvalue weighted by molar-refractivity contribution is -0.118. The Bertz CT molecular complexity index is 408. The van der Waals surface area contributed by atoms with E-state index in [9.17, 15) is 4.79 Å². The molecule has 0 aliphatic carbocycles. The number of carbonyl (C=O) groups excluding carboxylic acids is 1. The maximum Gasteiger partial charge on any atom is 0.219 e.